The zero-order chi connectivity index (χ0) is 14.2. The highest BCUT2D eigenvalue weighted by molar-refractivity contribution is 5.67. The van der Waals surface area contributed by atoms with Gasteiger partial charge in [0.15, 0.2) is 5.82 Å². The molecule has 0 fully saturated rings. The summed E-state index contributed by atoms with van der Waals surface area (Å²) in [6.07, 6.45) is 5.00. The largest absolute Gasteiger partial charge is 0.466 e. The van der Waals surface area contributed by atoms with Crippen molar-refractivity contribution in [1.82, 2.24) is 14.6 Å². The summed E-state index contributed by atoms with van der Waals surface area (Å²) in [5, 5.41) is 17.9. The molecule has 0 aliphatic rings. The molecule has 6 nitrogen and oxygen atoms in total. The first-order valence-corrected chi connectivity index (χ1v) is 6.37. The number of aryl methyl sites for hydroxylation is 1. The monoisotopic (exact) mass is 272 g/mol. The third-order valence-electron chi connectivity index (χ3n) is 3.16. The Hall–Kier alpha value is -2.34. The van der Waals surface area contributed by atoms with Gasteiger partial charge in [0.05, 0.1) is 18.5 Å². The number of fused-ring (bicyclic) bond motifs is 1. The minimum atomic E-state index is -1.10. The number of hydrogen-bond donors (Lipinski definition) is 2. The number of rotatable bonds is 4. The molecule has 0 amide bonds. The topological polar surface area (TPSA) is 75.6 Å². The van der Waals surface area contributed by atoms with Crippen LogP contribution in [0.15, 0.2) is 41.3 Å². The second kappa shape index (κ2) is 4.64. The fourth-order valence-corrected chi connectivity index (χ4v) is 2.11. The smallest absolute Gasteiger partial charge is 0.152 e. The summed E-state index contributed by atoms with van der Waals surface area (Å²) >= 11 is 0. The summed E-state index contributed by atoms with van der Waals surface area (Å²) < 4.78 is 7.01. The number of hydrogen-bond acceptors (Lipinski definition) is 5. The molecule has 0 radical (unpaired) electrons. The molecule has 0 bridgehead atoms. The average Bonchev–Trinajstić information content (AvgIpc) is 3.04. The quantitative estimate of drug-likeness (QED) is 0.759. The molecule has 0 aromatic carbocycles. The summed E-state index contributed by atoms with van der Waals surface area (Å²) in [4.78, 5) is 4.29. The third-order valence-corrected chi connectivity index (χ3v) is 3.16. The van der Waals surface area contributed by atoms with Gasteiger partial charge < -0.3 is 14.8 Å². The number of nitrogens with zero attached hydrogens (tertiary/aromatic N) is 3. The van der Waals surface area contributed by atoms with Gasteiger partial charge in [-0.05, 0) is 32.0 Å². The molecule has 3 aromatic heterocycles. The zero-order valence-electron chi connectivity index (χ0n) is 11.4. The lowest BCUT2D eigenvalue weighted by atomic mass is 10.0. The first-order chi connectivity index (χ1) is 9.56. The Balaban J connectivity index is 1.83. The summed E-state index contributed by atoms with van der Waals surface area (Å²) in [5.41, 5.74) is 0.687. The lowest BCUT2D eigenvalue weighted by Crippen LogP contribution is -2.30. The van der Waals surface area contributed by atoms with Gasteiger partial charge in [-0.25, -0.2) is 9.50 Å². The molecule has 104 valence electrons. The van der Waals surface area contributed by atoms with E-state index in [9.17, 15) is 5.11 Å². The van der Waals surface area contributed by atoms with Crippen LogP contribution in [0.1, 0.15) is 18.4 Å². The van der Waals surface area contributed by atoms with Crippen LogP contribution in [-0.2, 0) is 5.60 Å². The van der Waals surface area contributed by atoms with Crippen LogP contribution in [0.25, 0.3) is 5.52 Å². The summed E-state index contributed by atoms with van der Waals surface area (Å²) in [7, 11) is 0. The second-order valence-electron chi connectivity index (χ2n) is 5.00. The van der Waals surface area contributed by atoms with E-state index < -0.39 is 5.60 Å². The van der Waals surface area contributed by atoms with Crippen LogP contribution >= 0.6 is 0 Å². The molecular formula is C14H16N4O2. The Morgan fingerprint density at radius 2 is 2.35 bits per heavy atom. The third kappa shape index (κ3) is 2.25. The highest BCUT2D eigenvalue weighted by Crippen LogP contribution is 2.22. The van der Waals surface area contributed by atoms with Crippen LogP contribution in [0.3, 0.4) is 0 Å². The predicted molar refractivity (Wildman–Crippen MR) is 74.5 cm³/mol. The van der Waals surface area contributed by atoms with E-state index in [2.05, 4.69) is 15.4 Å². The molecule has 3 rings (SSSR count). The second-order valence-corrected chi connectivity index (χ2v) is 5.00. The molecule has 6 heteroatoms. The van der Waals surface area contributed by atoms with Gasteiger partial charge in [-0.2, -0.15) is 5.10 Å². The van der Waals surface area contributed by atoms with E-state index in [1.54, 1.807) is 42.2 Å². The summed E-state index contributed by atoms with van der Waals surface area (Å²) in [5.74, 6) is 1.20. The predicted octanol–water partition coefficient (Wildman–Crippen LogP) is 1.95. The van der Waals surface area contributed by atoms with E-state index in [-0.39, 0.29) is 6.54 Å². The van der Waals surface area contributed by atoms with Crippen molar-refractivity contribution in [1.29, 1.82) is 0 Å². The van der Waals surface area contributed by atoms with Gasteiger partial charge in [0, 0.05) is 12.4 Å². The molecule has 0 aliphatic heterocycles. The average molecular weight is 272 g/mol. The van der Waals surface area contributed by atoms with Crippen molar-refractivity contribution >= 4 is 11.3 Å². The van der Waals surface area contributed by atoms with Crippen LogP contribution in [0.4, 0.5) is 5.82 Å². The highest BCUT2D eigenvalue weighted by Gasteiger charge is 2.26. The minimum absolute atomic E-state index is 0.289. The first kappa shape index (κ1) is 12.7. The molecular weight excluding hydrogens is 256 g/mol. The van der Waals surface area contributed by atoms with E-state index >= 15 is 0 Å². The lowest BCUT2D eigenvalue weighted by Gasteiger charge is -2.21. The SMILES string of the molecule is Cc1cc2c(NCC(C)(O)c3ccco3)nccn2n1. The van der Waals surface area contributed by atoms with E-state index in [0.29, 0.717) is 11.6 Å². The van der Waals surface area contributed by atoms with Crippen LogP contribution in [0.2, 0.25) is 0 Å². The van der Waals surface area contributed by atoms with E-state index in [1.165, 1.54) is 0 Å². The van der Waals surface area contributed by atoms with Gasteiger partial charge in [-0.3, -0.25) is 0 Å². The van der Waals surface area contributed by atoms with Crippen molar-refractivity contribution in [2.24, 2.45) is 0 Å². The van der Waals surface area contributed by atoms with E-state index in [4.69, 9.17) is 4.42 Å². The number of nitrogens with one attached hydrogen (secondary N) is 1. The Morgan fingerprint density at radius 1 is 1.50 bits per heavy atom. The molecule has 0 spiro atoms. The van der Waals surface area contributed by atoms with Crippen molar-refractivity contribution in [2.75, 3.05) is 11.9 Å². The van der Waals surface area contributed by atoms with Gasteiger partial charge in [0.25, 0.3) is 0 Å². The minimum Gasteiger partial charge on any atom is -0.466 e. The van der Waals surface area contributed by atoms with Gasteiger partial charge >= 0.3 is 0 Å². The molecule has 3 aromatic rings. The number of furan rings is 1. The maximum atomic E-state index is 10.4. The van der Waals surface area contributed by atoms with Crippen LogP contribution in [0, 0.1) is 6.92 Å². The lowest BCUT2D eigenvalue weighted by molar-refractivity contribution is 0.0476. The van der Waals surface area contributed by atoms with Gasteiger partial charge in [0.2, 0.25) is 0 Å². The van der Waals surface area contributed by atoms with Crippen molar-refractivity contribution in [2.45, 2.75) is 19.4 Å². The van der Waals surface area contributed by atoms with Crippen LogP contribution < -0.4 is 5.32 Å². The molecule has 1 atom stereocenters. The molecule has 1 unspecified atom stereocenters. The first-order valence-electron chi connectivity index (χ1n) is 6.37. The molecule has 0 saturated carbocycles. The maximum absolute atomic E-state index is 10.4. The molecule has 3 heterocycles. The standard InChI is InChI=1S/C14H16N4O2/c1-10-8-11-13(15-5-6-18(11)17-10)16-9-14(2,19)12-4-3-7-20-12/h3-8,19H,9H2,1-2H3,(H,15,16). The fraction of sp³-hybridized carbons (Fsp3) is 0.286. The van der Waals surface area contributed by atoms with Gasteiger partial charge in [-0.1, -0.05) is 0 Å². The van der Waals surface area contributed by atoms with E-state index in [0.717, 1.165) is 11.2 Å². The van der Waals surface area contributed by atoms with Gasteiger partial charge in [0.1, 0.15) is 16.9 Å². The molecule has 2 N–H and O–H groups in total. The Kier molecular flexibility index (Phi) is 2.94. The molecule has 20 heavy (non-hydrogen) atoms. The Morgan fingerprint density at radius 3 is 3.10 bits per heavy atom. The van der Waals surface area contributed by atoms with Gasteiger partial charge in [-0.15, -0.1) is 0 Å². The maximum Gasteiger partial charge on any atom is 0.152 e. The van der Waals surface area contributed by atoms with Crippen molar-refractivity contribution < 1.29 is 9.52 Å². The molecule has 0 aliphatic carbocycles. The van der Waals surface area contributed by atoms with E-state index in [1.807, 2.05) is 13.0 Å². The van der Waals surface area contributed by atoms with Crippen LogP contribution in [0.5, 0.6) is 0 Å². The van der Waals surface area contributed by atoms with Crippen molar-refractivity contribution in [3.05, 3.63) is 48.3 Å². The summed E-state index contributed by atoms with van der Waals surface area (Å²) in [6, 6.07) is 5.44. The number of aliphatic hydroxyl groups is 1. The zero-order valence-corrected chi connectivity index (χ0v) is 11.4. The number of anilines is 1. The van der Waals surface area contributed by atoms with Crippen LogP contribution in [-0.4, -0.2) is 26.2 Å². The Bertz CT molecular complexity index is 716. The highest BCUT2D eigenvalue weighted by atomic mass is 16.4. The molecule has 0 saturated heterocycles. The number of aromatic nitrogens is 3. The Labute approximate surface area is 116 Å². The van der Waals surface area contributed by atoms with Crippen molar-refractivity contribution in [3.8, 4) is 0 Å². The fourth-order valence-electron chi connectivity index (χ4n) is 2.11. The normalized spacial score (nSPS) is 14.3. The summed E-state index contributed by atoms with van der Waals surface area (Å²) in [6.45, 7) is 3.91. The van der Waals surface area contributed by atoms with Crippen molar-refractivity contribution in [3.63, 3.8) is 0 Å².